The van der Waals surface area contributed by atoms with Crippen LogP contribution in [0, 0.1) is 0 Å². The van der Waals surface area contributed by atoms with Crippen molar-refractivity contribution in [2.75, 3.05) is 6.61 Å². The molecule has 6 heteroatoms. The van der Waals surface area contributed by atoms with Crippen LogP contribution in [0.2, 0.25) is 5.02 Å². The van der Waals surface area contributed by atoms with Crippen molar-refractivity contribution >= 4 is 28.5 Å². The van der Waals surface area contributed by atoms with E-state index in [1.54, 1.807) is 30.5 Å². The predicted octanol–water partition coefficient (Wildman–Crippen LogP) is 7.29. The molecule has 1 N–H and O–H groups in total. The van der Waals surface area contributed by atoms with Gasteiger partial charge in [-0.1, -0.05) is 64.0 Å². The van der Waals surface area contributed by atoms with Crippen LogP contribution in [0.15, 0.2) is 30.5 Å². The summed E-state index contributed by atoms with van der Waals surface area (Å²) in [6.07, 6.45) is 12.9. The van der Waals surface area contributed by atoms with E-state index in [4.69, 9.17) is 26.2 Å². The maximum Gasteiger partial charge on any atom is 0.341 e. The first-order valence-electron chi connectivity index (χ1n) is 11.4. The average molecular weight is 452 g/mol. The summed E-state index contributed by atoms with van der Waals surface area (Å²) in [4.78, 5) is 14.5. The van der Waals surface area contributed by atoms with Crippen molar-refractivity contribution in [2.45, 2.75) is 91.3 Å². The summed E-state index contributed by atoms with van der Waals surface area (Å²) < 4.78 is 11.1. The molecule has 5 nitrogen and oxygen atoms in total. The fourth-order valence-corrected chi connectivity index (χ4v) is 3.48. The molecule has 31 heavy (non-hydrogen) atoms. The summed E-state index contributed by atoms with van der Waals surface area (Å²) in [5, 5.41) is 9.83. The van der Waals surface area contributed by atoms with Gasteiger partial charge in [-0.05, 0) is 51.0 Å². The summed E-state index contributed by atoms with van der Waals surface area (Å²) >= 11 is 5.98. The fraction of sp³-hybridized carbons (Fsp3) is 0.600. The molecule has 0 aliphatic carbocycles. The van der Waals surface area contributed by atoms with Gasteiger partial charge in [0.05, 0.1) is 17.2 Å². The van der Waals surface area contributed by atoms with Crippen LogP contribution in [0.4, 0.5) is 0 Å². The number of fused-ring (bicyclic) bond motifs is 1. The first-order valence-corrected chi connectivity index (χ1v) is 11.8. The lowest BCUT2D eigenvalue weighted by molar-refractivity contribution is -0.139. The number of pyridine rings is 1. The first-order chi connectivity index (χ1) is 14.9. The van der Waals surface area contributed by atoms with E-state index in [9.17, 15) is 4.79 Å². The maximum atomic E-state index is 10.4. The van der Waals surface area contributed by atoms with Crippen molar-refractivity contribution in [2.24, 2.45) is 0 Å². The van der Waals surface area contributed by atoms with Gasteiger partial charge in [-0.2, -0.15) is 0 Å². The number of hydrogen-bond acceptors (Lipinski definition) is 4. The molecule has 0 radical (unpaired) electrons. The minimum Gasteiger partial charge on any atom is -0.480 e. The van der Waals surface area contributed by atoms with Gasteiger partial charge in [-0.3, -0.25) is 4.98 Å². The van der Waals surface area contributed by atoms with Gasteiger partial charge in [-0.15, -0.1) is 0 Å². The van der Waals surface area contributed by atoms with E-state index >= 15 is 0 Å². The fourth-order valence-electron chi connectivity index (χ4n) is 3.26. The number of carbonyl (C=O) groups is 1. The normalized spacial score (nSPS) is 12.7. The van der Waals surface area contributed by atoms with Gasteiger partial charge in [-0.25, -0.2) is 4.79 Å². The zero-order chi connectivity index (χ0) is 23.1. The van der Waals surface area contributed by atoms with Crippen LogP contribution in [0.5, 0.6) is 5.75 Å². The zero-order valence-electron chi connectivity index (χ0n) is 19.4. The molecule has 0 aliphatic rings. The van der Waals surface area contributed by atoms with Crippen LogP contribution in [0.25, 0.3) is 10.9 Å². The monoisotopic (exact) mass is 451 g/mol. The molecule has 1 aromatic heterocycles. The Labute approximate surface area is 192 Å². The molecule has 1 aromatic carbocycles. The van der Waals surface area contributed by atoms with E-state index in [0.717, 1.165) is 5.39 Å². The van der Waals surface area contributed by atoms with Gasteiger partial charge < -0.3 is 14.6 Å². The number of nitrogens with zero attached hydrogens (tertiary/aromatic N) is 1. The Morgan fingerprint density at radius 2 is 1.65 bits per heavy atom. The highest BCUT2D eigenvalue weighted by Gasteiger charge is 2.08. The van der Waals surface area contributed by atoms with Crippen LogP contribution in [0.1, 0.15) is 79.1 Å². The van der Waals surface area contributed by atoms with E-state index in [1.165, 1.54) is 51.4 Å². The van der Waals surface area contributed by atoms with Crippen molar-refractivity contribution in [3.05, 3.63) is 35.5 Å². The molecule has 0 bridgehead atoms. The topological polar surface area (TPSA) is 68.7 Å². The second kappa shape index (κ2) is 15.9. The Morgan fingerprint density at radius 1 is 1.03 bits per heavy atom. The smallest absolute Gasteiger partial charge is 0.341 e. The van der Waals surface area contributed by atoms with Gasteiger partial charge in [0.25, 0.3) is 0 Å². The lowest BCUT2D eigenvalue weighted by Gasteiger charge is -2.19. The number of unbranched alkanes of at least 4 members (excludes halogenated alkanes) is 4. The Kier molecular flexibility index (Phi) is 13.9. The number of rotatable bonds is 13. The SMILES string of the molecule is CCCCCC(C)OC(C)CCCCC.O=C(O)COc1ccc(Cl)c2cccnc12. The molecule has 0 spiro atoms. The Hall–Kier alpha value is -1.85. The lowest BCUT2D eigenvalue weighted by atomic mass is 10.1. The second-order valence-electron chi connectivity index (χ2n) is 7.88. The van der Waals surface area contributed by atoms with Gasteiger partial charge in [0, 0.05) is 11.6 Å². The van der Waals surface area contributed by atoms with Crippen LogP contribution in [-0.2, 0) is 9.53 Å². The van der Waals surface area contributed by atoms with Crippen molar-refractivity contribution in [3.8, 4) is 5.75 Å². The van der Waals surface area contributed by atoms with E-state index in [0.29, 0.717) is 28.5 Å². The molecule has 0 fully saturated rings. The standard InChI is InChI=1S/C14H30O.C11H8ClNO3/c1-5-7-9-11-13(3)15-14(4)12-10-8-6-2;12-8-3-4-9(16-6-10(14)15)11-7(8)2-1-5-13-11/h13-14H,5-12H2,1-4H3;1-5H,6H2,(H,14,15). The van der Waals surface area contributed by atoms with Crippen molar-refractivity contribution in [1.82, 2.24) is 4.98 Å². The Morgan fingerprint density at radius 3 is 2.19 bits per heavy atom. The van der Waals surface area contributed by atoms with Crippen LogP contribution < -0.4 is 4.74 Å². The number of aliphatic carboxylic acids is 1. The summed E-state index contributed by atoms with van der Waals surface area (Å²) in [5.41, 5.74) is 0.566. The molecule has 174 valence electrons. The zero-order valence-corrected chi connectivity index (χ0v) is 20.2. The molecule has 2 unspecified atom stereocenters. The molecule has 0 saturated heterocycles. The van der Waals surface area contributed by atoms with E-state index in [-0.39, 0.29) is 0 Å². The molecule has 0 saturated carbocycles. The maximum absolute atomic E-state index is 10.4. The first kappa shape index (κ1) is 27.2. The summed E-state index contributed by atoms with van der Waals surface area (Å²) in [7, 11) is 0. The highest BCUT2D eigenvalue weighted by atomic mass is 35.5. The third-order valence-corrected chi connectivity index (χ3v) is 5.25. The molecule has 2 atom stereocenters. The summed E-state index contributed by atoms with van der Waals surface area (Å²) in [5.74, 6) is -0.610. The van der Waals surface area contributed by atoms with Crippen LogP contribution >= 0.6 is 11.6 Å². The number of halogens is 1. The van der Waals surface area contributed by atoms with Gasteiger partial charge in [0.15, 0.2) is 6.61 Å². The Bertz CT molecular complexity index is 754. The molecule has 0 aliphatic heterocycles. The number of ether oxygens (including phenoxy) is 2. The Balaban J connectivity index is 0.000000311. The minimum absolute atomic E-state index is 0.396. The van der Waals surface area contributed by atoms with Crippen molar-refractivity contribution in [1.29, 1.82) is 0 Å². The minimum atomic E-state index is -1.03. The van der Waals surface area contributed by atoms with Gasteiger partial charge >= 0.3 is 5.97 Å². The van der Waals surface area contributed by atoms with Gasteiger partial charge in [0.1, 0.15) is 11.3 Å². The van der Waals surface area contributed by atoms with Crippen molar-refractivity contribution < 1.29 is 19.4 Å². The number of carboxylic acid groups (broad SMARTS) is 1. The van der Waals surface area contributed by atoms with E-state index < -0.39 is 12.6 Å². The van der Waals surface area contributed by atoms with E-state index in [1.807, 2.05) is 0 Å². The van der Waals surface area contributed by atoms with E-state index in [2.05, 4.69) is 32.7 Å². The molecular formula is C25H38ClNO4. The van der Waals surface area contributed by atoms with Crippen LogP contribution in [-0.4, -0.2) is 34.9 Å². The third-order valence-electron chi connectivity index (χ3n) is 4.92. The quantitative estimate of drug-likeness (QED) is 0.323. The van der Waals surface area contributed by atoms with Crippen molar-refractivity contribution in [3.63, 3.8) is 0 Å². The highest BCUT2D eigenvalue weighted by Crippen LogP contribution is 2.29. The lowest BCUT2D eigenvalue weighted by Crippen LogP contribution is -2.17. The number of benzene rings is 1. The largest absolute Gasteiger partial charge is 0.480 e. The number of carboxylic acids is 1. The molecular weight excluding hydrogens is 414 g/mol. The van der Waals surface area contributed by atoms with Crippen LogP contribution in [0.3, 0.4) is 0 Å². The average Bonchev–Trinajstić information content (AvgIpc) is 2.74. The highest BCUT2D eigenvalue weighted by molar-refractivity contribution is 6.35. The molecule has 1 heterocycles. The number of aromatic nitrogens is 1. The third kappa shape index (κ3) is 11.4. The molecule has 2 rings (SSSR count). The second-order valence-corrected chi connectivity index (χ2v) is 8.28. The summed E-state index contributed by atoms with van der Waals surface area (Å²) in [6.45, 7) is 8.53. The summed E-state index contributed by atoms with van der Waals surface area (Å²) in [6, 6.07) is 6.83. The molecule has 2 aromatic rings. The van der Waals surface area contributed by atoms with Gasteiger partial charge in [0.2, 0.25) is 0 Å². The predicted molar refractivity (Wildman–Crippen MR) is 128 cm³/mol. The number of hydrogen-bond donors (Lipinski definition) is 1. The molecule has 0 amide bonds.